The van der Waals surface area contributed by atoms with Gasteiger partial charge in [-0.05, 0) is 30.9 Å². The zero-order valence-electron chi connectivity index (χ0n) is 12.9. The Balaban J connectivity index is 1.53. The van der Waals surface area contributed by atoms with Crippen LogP contribution in [-0.2, 0) is 19.5 Å². The van der Waals surface area contributed by atoms with Crippen LogP contribution in [0.5, 0.6) is 0 Å². The molecule has 4 nitrogen and oxygen atoms in total. The fourth-order valence-corrected chi connectivity index (χ4v) is 3.15. The van der Waals surface area contributed by atoms with Crippen molar-refractivity contribution < 1.29 is 0 Å². The van der Waals surface area contributed by atoms with Crippen molar-refractivity contribution in [3.05, 3.63) is 47.8 Å². The van der Waals surface area contributed by atoms with E-state index in [0.29, 0.717) is 5.92 Å². The molecule has 4 heteroatoms. The summed E-state index contributed by atoms with van der Waals surface area (Å²) in [6.45, 7) is 6.12. The van der Waals surface area contributed by atoms with Gasteiger partial charge in [-0.2, -0.15) is 5.10 Å². The fourth-order valence-electron chi connectivity index (χ4n) is 3.15. The van der Waals surface area contributed by atoms with Crippen LogP contribution in [0.4, 0.5) is 5.69 Å². The number of aromatic nitrogens is 2. The highest BCUT2D eigenvalue weighted by Crippen LogP contribution is 2.27. The van der Waals surface area contributed by atoms with E-state index in [0.717, 1.165) is 26.2 Å². The Bertz CT molecular complexity index is 590. The fraction of sp³-hybridized carbons (Fsp3) is 0.471. The molecular weight excluding hydrogens is 260 g/mol. The van der Waals surface area contributed by atoms with Crippen LogP contribution in [0.15, 0.2) is 36.7 Å². The van der Waals surface area contributed by atoms with Gasteiger partial charge in [-0.25, -0.2) is 0 Å². The molecule has 1 aliphatic rings. The second-order valence-electron chi connectivity index (χ2n) is 5.91. The maximum Gasteiger partial charge on any atom is 0.0534 e. The van der Waals surface area contributed by atoms with Gasteiger partial charge in [0.2, 0.25) is 0 Å². The lowest BCUT2D eigenvalue weighted by molar-refractivity contribution is 0.460. The second kappa shape index (κ2) is 6.31. The molecule has 1 atom stereocenters. The molecule has 3 rings (SSSR count). The Hall–Kier alpha value is -1.81. The lowest BCUT2D eigenvalue weighted by atomic mass is 9.93. The van der Waals surface area contributed by atoms with E-state index in [4.69, 9.17) is 0 Å². The van der Waals surface area contributed by atoms with Crippen molar-refractivity contribution in [1.29, 1.82) is 0 Å². The first-order chi connectivity index (χ1) is 10.3. The average Bonchev–Trinajstić information content (AvgIpc) is 2.95. The smallest absolute Gasteiger partial charge is 0.0534 e. The topological polar surface area (TPSA) is 33.1 Å². The van der Waals surface area contributed by atoms with E-state index >= 15 is 0 Å². The molecule has 2 heterocycles. The summed E-state index contributed by atoms with van der Waals surface area (Å²) in [5, 5.41) is 7.89. The molecule has 0 radical (unpaired) electrons. The van der Waals surface area contributed by atoms with E-state index in [1.54, 1.807) is 0 Å². The Labute approximate surface area is 126 Å². The molecule has 0 spiro atoms. The maximum absolute atomic E-state index is 4.31. The summed E-state index contributed by atoms with van der Waals surface area (Å²) in [5.41, 5.74) is 4.12. The Morgan fingerprint density at radius 3 is 3.00 bits per heavy atom. The molecule has 1 aliphatic heterocycles. The minimum absolute atomic E-state index is 0.672. The normalized spacial score (nSPS) is 17.8. The van der Waals surface area contributed by atoms with Crippen molar-refractivity contribution in [3.8, 4) is 0 Å². The first kappa shape index (κ1) is 14.1. The Morgan fingerprint density at radius 1 is 1.33 bits per heavy atom. The molecule has 21 heavy (non-hydrogen) atoms. The van der Waals surface area contributed by atoms with E-state index < -0.39 is 0 Å². The molecule has 1 unspecified atom stereocenters. The number of hydrogen-bond acceptors (Lipinski definition) is 3. The SMILES string of the molecule is CCn1cc(CNCC2Cc3ccccc3N(C)C2)cn1. The van der Waals surface area contributed by atoms with Crippen LogP contribution in [0.1, 0.15) is 18.1 Å². The van der Waals surface area contributed by atoms with Crippen LogP contribution in [-0.4, -0.2) is 29.9 Å². The lowest BCUT2D eigenvalue weighted by Gasteiger charge is -2.33. The van der Waals surface area contributed by atoms with Gasteiger partial charge in [0.25, 0.3) is 0 Å². The monoisotopic (exact) mass is 284 g/mol. The summed E-state index contributed by atoms with van der Waals surface area (Å²) >= 11 is 0. The summed E-state index contributed by atoms with van der Waals surface area (Å²) in [4.78, 5) is 2.38. The number of nitrogens with zero attached hydrogens (tertiary/aromatic N) is 3. The molecule has 1 aromatic carbocycles. The van der Waals surface area contributed by atoms with Gasteiger partial charge < -0.3 is 10.2 Å². The number of aryl methyl sites for hydroxylation is 1. The molecule has 0 aliphatic carbocycles. The minimum Gasteiger partial charge on any atom is -0.374 e. The number of rotatable bonds is 5. The number of fused-ring (bicyclic) bond motifs is 1. The van der Waals surface area contributed by atoms with Crippen LogP contribution in [0.3, 0.4) is 0 Å². The highest BCUT2D eigenvalue weighted by Gasteiger charge is 2.21. The van der Waals surface area contributed by atoms with Crippen LogP contribution in [0.25, 0.3) is 0 Å². The van der Waals surface area contributed by atoms with Gasteiger partial charge in [-0.1, -0.05) is 18.2 Å². The Kier molecular flexibility index (Phi) is 4.25. The van der Waals surface area contributed by atoms with Gasteiger partial charge in [0.1, 0.15) is 0 Å². The third-order valence-corrected chi connectivity index (χ3v) is 4.22. The van der Waals surface area contributed by atoms with Crippen LogP contribution < -0.4 is 10.2 Å². The standard InChI is InChI=1S/C17H24N4/c1-3-21-13-15(11-19-21)10-18-9-14-8-16-6-4-5-7-17(16)20(2)12-14/h4-7,11,13-14,18H,3,8-10,12H2,1-2H3. The highest BCUT2D eigenvalue weighted by atomic mass is 15.3. The van der Waals surface area contributed by atoms with Gasteiger partial charge in [-0.3, -0.25) is 4.68 Å². The number of para-hydroxylation sites is 1. The van der Waals surface area contributed by atoms with Crippen molar-refractivity contribution in [2.24, 2.45) is 5.92 Å². The van der Waals surface area contributed by atoms with Gasteiger partial charge in [-0.15, -0.1) is 0 Å². The zero-order valence-corrected chi connectivity index (χ0v) is 12.9. The van der Waals surface area contributed by atoms with Gasteiger partial charge in [0, 0.05) is 50.7 Å². The van der Waals surface area contributed by atoms with Crippen LogP contribution in [0, 0.1) is 5.92 Å². The van der Waals surface area contributed by atoms with Crippen molar-refractivity contribution in [2.45, 2.75) is 26.4 Å². The van der Waals surface area contributed by atoms with E-state index in [9.17, 15) is 0 Å². The predicted octanol–water partition coefficient (Wildman–Crippen LogP) is 2.30. The molecule has 1 aromatic heterocycles. The molecule has 0 saturated carbocycles. The molecule has 0 fully saturated rings. The number of benzene rings is 1. The zero-order chi connectivity index (χ0) is 14.7. The summed E-state index contributed by atoms with van der Waals surface area (Å²) in [6.07, 6.45) is 5.25. The molecule has 0 bridgehead atoms. The summed E-state index contributed by atoms with van der Waals surface area (Å²) in [5.74, 6) is 0.672. The maximum atomic E-state index is 4.31. The number of hydrogen-bond donors (Lipinski definition) is 1. The first-order valence-electron chi connectivity index (χ1n) is 7.77. The quantitative estimate of drug-likeness (QED) is 0.914. The molecular formula is C17H24N4. The summed E-state index contributed by atoms with van der Waals surface area (Å²) in [6, 6.07) is 8.74. The third kappa shape index (κ3) is 3.27. The van der Waals surface area contributed by atoms with Gasteiger partial charge >= 0.3 is 0 Å². The molecule has 1 N–H and O–H groups in total. The van der Waals surface area contributed by atoms with Crippen LogP contribution >= 0.6 is 0 Å². The summed E-state index contributed by atoms with van der Waals surface area (Å²) < 4.78 is 1.97. The van der Waals surface area contributed by atoms with E-state index in [1.807, 2.05) is 10.9 Å². The van der Waals surface area contributed by atoms with Crippen LogP contribution in [0.2, 0.25) is 0 Å². The third-order valence-electron chi connectivity index (χ3n) is 4.22. The second-order valence-corrected chi connectivity index (χ2v) is 5.91. The van der Waals surface area contributed by atoms with Crippen molar-refractivity contribution in [1.82, 2.24) is 15.1 Å². The van der Waals surface area contributed by atoms with E-state index in [2.05, 4.69) is 59.7 Å². The minimum atomic E-state index is 0.672. The summed E-state index contributed by atoms with van der Waals surface area (Å²) in [7, 11) is 2.19. The lowest BCUT2D eigenvalue weighted by Crippen LogP contribution is -2.37. The van der Waals surface area contributed by atoms with Gasteiger partial charge in [0.15, 0.2) is 0 Å². The van der Waals surface area contributed by atoms with Crippen molar-refractivity contribution >= 4 is 5.69 Å². The predicted molar refractivity (Wildman–Crippen MR) is 86.5 cm³/mol. The number of nitrogens with one attached hydrogen (secondary N) is 1. The Morgan fingerprint density at radius 2 is 2.19 bits per heavy atom. The van der Waals surface area contributed by atoms with Crippen molar-refractivity contribution in [2.75, 3.05) is 25.0 Å². The van der Waals surface area contributed by atoms with Crippen molar-refractivity contribution in [3.63, 3.8) is 0 Å². The molecule has 112 valence electrons. The molecule has 0 saturated heterocycles. The largest absolute Gasteiger partial charge is 0.374 e. The van der Waals surface area contributed by atoms with E-state index in [-0.39, 0.29) is 0 Å². The molecule has 2 aromatic rings. The number of anilines is 1. The highest BCUT2D eigenvalue weighted by molar-refractivity contribution is 5.55. The average molecular weight is 284 g/mol. The van der Waals surface area contributed by atoms with Gasteiger partial charge in [0.05, 0.1) is 6.20 Å². The molecule has 0 amide bonds. The first-order valence-corrected chi connectivity index (χ1v) is 7.77. The van der Waals surface area contributed by atoms with E-state index in [1.165, 1.54) is 23.2 Å².